The van der Waals surface area contributed by atoms with Gasteiger partial charge in [-0.1, -0.05) is 42.9 Å². The number of thiazole rings is 1. The molecular formula is C16H16ClF2N5OS. The van der Waals surface area contributed by atoms with E-state index in [0.717, 1.165) is 23.5 Å². The maximum Gasteiger partial charge on any atom is 0.277 e. The number of aromatic nitrogens is 3. The van der Waals surface area contributed by atoms with Gasteiger partial charge >= 0.3 is 0 Å². The number of carbonyl (C=O) groups excluding carboxylic acids is 1. The Hall–Kier alpha value is -2.52. The van der Waals surface area contributed by atoms with E-state index in [9.17, 15) is 13.6 Å². The molecule has 0 bridgehead atoms. The Morgan fingerprint density at radius 1 is 1.31 bits per heavy atom. The quantitative estimate of drug-likeness (QED) is 0.686. The smallest absolute Gasteiger partial charge is 0.277 e. The maximum absolute atomic E-state index is 13.8. The molecule has 1 amide bonds. The van der Waals surface area contributed by atoms with Crippen LogP contribution in [0.1, 0.15) is 24.3 Å². The van der Waals surface area contributed by atoms with Crippen molar-refractivity contribution >= 4 is 39.5 Å². The monoisotopic (exact) mass is 399 g/mol. The summed E-state index contributed by atoms with van der Waals surface area (Å²) in [7, 11) is 1.61. The molecule has 3 aromatic rings. The Balaban J connectivity index is 0.00000117. The van der Waals surface area contributed by atoms with Crippen LogP contribution in [-0.2, 0) is 7.05 Å². The SMILES string of the molecule is CC.Cn1ncc(NC(=O)c2nc(-c3c(F)cccc3F)sc2N)c1Cl. The molecule has 2 heterocycles. The predicted molar refractivity (Wildman–Crippen MR) is 99.4 cm³/mol. The second kappa shape index (κ2) is 8.24. The van der Waals surface area contributed by atoms with Gasteiger partial charge in [0.1, 0.15) is 26.8 Å². The standard InChI is InChI=1S/C14H10ClF2N5OS.C2H6/c1-22-11(15)8(5-19-22)20-13(23)10-12(18)24-14(21-10)9-6(16)3-2-4-7(9)17;1-2/h2-5H,18H2,1H3,(H,20,23);1-2H3. The molecule has 10 heteroatoms. The third kappa shape index (κ3) is 3.83. The number of hydrogen-bond acceptors (Lipinski definition) is 5. The molecule has 26 heavy (non-hydrogen) atoms. The first-order valence-corrected chi connectivity index (χ1v) is 8.77. The topological polar surface area (TPSA) is 85.8 Å². The first-order chi connectivity index (χ1) is 12.4. The lowest BCUT2D eigenvalue weighted by Gasteiger charge is -2.02. The van der Waals surface area contributed by atoms with Gasteiger partial charge < -0.3 is 11.1 Å². The van der Waals surface area contributed by atoms with Crippen LogP contribution in [0, 0.1) is 11.6 Å². The van der Waals surface area contributed by atoms with Crippen molar-refractivity contribution in [1.82, 2.24) is 14.8 Å². The summed E-state index contributed by atoms with van der Waals surface area (Å²) < 4.78 is 29.0. The van der Waals surface area contributed by atoms with Gasteiger partial charge in [0.25, 0.3) is 5.91 Å². The Bertz CT molecular complexity index is 921. The number of aryl methyl sites for hydroxylation is 1. The van der Waals surface area contributed by atoms with Gasteiger partial charge in [0.2, 0.25) is 0 Å². The van der Waals surface area contributed by atoms with Crippen LogP contribution in [0.25, 0.3) is 10.6 Å². The molecule has 3 rings (SSSR count). The molecule has 138 valence electrons. The van der Waals surface area contributed by atoms with E-state index in [1.165, 1.54) is 16.9 Å². The lowest BCUT2D eigenvalue weighted by molar-refractivity contribution is 0.102. The van der Waals surface area contributed by atoms with Gasteiger partial charge in [-0.15, -0.1) is 0 Å². The van der Waals surface area contributed by atoms with E-state index in [4.69, 9.17) is 17.3 Å². The van der Waals surface area contributed by atoms with Crippen molar-refractivity contribution in [3.05, 3.63) is 46.9 Å². The maximum atomic E-state index is 13.8. The molecule has 0 atom stereocenters. The number of amides is 1. The van der Waals surface area contributed by atoms with Crippen molar-refractivity contribution in [2.45, 2.75) is 13.8 Å². The van der Waals surface area contributed by atoms with Crippen molar-refractivity contribution < 1.29 is 13.6 Å². The third-order valence-electron chi connectivity index (χ3n) is 3.16. The lowest BCUT2D eigenvalue weighted by atomic mass is 10.2. The van der Waals surface area contributed by atoms with Crippen molar-refractivity contribution in [2.75, 3.05) is 11.1 Å². The zero-order chi connectivity index (χ0) is 19.4. The van der Waals surface area contributed by atoms with Crippen LogP contribution in [0.2, 0.25) is 5.15 Å². The molecule has 0 spiro atoms. The van der Waals surface area contributed by atoms with Gasteiger partial charge in [0.05, 0.1) is 17.4 Å². The Labute approximate surface area is 157 Å². The molecule has 6 nitrogen and oxygen atoms in total. The van der Waals surface area contributed by atoms with Crippen molar-refractivity contribution in [3.63, 3.8) is 0 Å². The molecule has 0 radical (unpaired) electrons. The summed E-state index contributed by atoms with van der Waals surface area (Å²) in [5.74, 6) is -2.22. The molecule has 0 aliphatic rings. The van der Waals surface area contributed by atoms with E-state index in [2.05, 4.69) is 15.4 Å². The summed E-state index contributed by atoms with van der Waals surface area (Å²) in [6.07, 6.45) is 1.36. The van der Waals surface area contributed by atoms with E-state index >= 15 is 0 Å². The summed E-state index contributed by atoms with van der Waals surface area (Å²) in [6.45, 7) is 4.00. The highest BCUT2D eigenvalue weighted by Gasteiger charge is 2.22. The Kier molecular flexibility index (Phi) is 6.27. The number of hydrogen-bond donors (Lipinski definition) is 2. The van der Waals surface area contributed by atoms with Crippen LogP contribution in [-0.4, -0.2) is 20.7 Å². The Morgan fingerprint density at radius 3 is 2.46 bits per heavy atom. The summed E-state index contributed by atoms with van der Waals surface area (Å²) >= 11 is 6.78. The van der Waals surface area contributed by atoms with Crippen molar-refractivity contribution in [2.24, 2.45) is 7.05 Å². The van der Waals surface area contributed by atoms with Crippen LogP contribution >= 0.6 is 22.9 Å². The lowest BCUT2D eigenvalue weighted by Crippen LogP contribution is -2.14. The average molecular weight is 400 g/mol. The van der Waals surface area contributed by atoms with Crippen LogP contribution in [0.5, 0.6) is 0 Å². The van der Waals surface area contributed by atoms with E-state index in [1.807, 2.05) is 13.8 Å². The first kappa shape index (κ1) is 19.8. The summed E-state index contributed by atoms with van der Waals surface area (Å²) in [5, 5.41) is 6.62. The zero-order valence-corrected chi connectivity index (χ0v) is 15.8. The molecule has 1 aromatic carbocycles. The minimum atomic E-state index is -0.786. The molecule has 0 unspecified atom stereocenters. The predicted octanol–water partition coefficient (Wildman–Crippen LogP) is 4.34. The fraction of sp³-hybridized carbons (Fsp3) is 0.188. The second-order valence-corrected chi connectivity index (χ2v) is 6.14. The van der Waals surface area contributed by atoms with E-state index < -0.39 is 17.5 Å². The highest BCUT2D eigenvalue weighted by atomic mass is 35.5. The number of halogens is 3. The summed E-state index contributed by atoms with van der Waals surface area (Å²) in [5.41, 5.74) is 5.58. The van der Waals surface area contributed by atoms with Crippen LogP contribution in [0.3, 0.4) is 0 Å². The number of rotatable bonds is 3. The largest absolute Gasteiger partial charge is 0.389 e. The van der Waals surface area contributed by atoms with E-state index in [0.29, 0.717) is 0 Å². The number of benzene rings is 1. The van der Waals surface area contributed by atoms with E-state index in [1.54, 1.807) is 7.05 Å². The summed E-state index contributed by atoms with van der Waals surface area (Å²) in [6, 6.07) is 3.44. The second-order valence-electron chi connectivity index (χ2n) is 4.76. The van der Waals surface area contributed by atoms with Gasteiger partial charge in [0.15, 0.2) is 5.69 Å². The summed E-state index contributed by atoms with van der Waals surface area (Å²) in [4.78, 5) is 16.2. The van der Waals surface area contributed by atoms with Gasteiger partial charge in [-0.25, -0.2) is 13.8 Å². The van der Waals surface area contributed by atoms with Gasteiger partial charge in [-0.3, -0.25) is 9.48 Å². The number of nitrogens with zero attached hydrogens (tertiary/aromatic N) is 3. The number of anilines is 2. The molecule has 0 saturated heterocycles. The van der Waals surface area contributed by atoms with Crippen LogP contribution in [0.4, 0.5) is 19.5 Å². The minimum Gasteiger partial charge on any atom is -0.389 e. The molecular weight excluding hydrogens is 384 g/mol. The zero-order valence-electron chi connectivity index (χ0n) is 14.2. The third-order valence-corrected chi connectivity index (χ3v) is 4.51. The van der Waals surface area contributed by atoms with Crippen LogP contribution < -0.4 is 11.1 Å². The van der Waals surface area contributed by atoms with Crippen LogP contribution in [0.15, 0.2) is 24.4 Å². The van der Waals surface area contributed by atoms with E-state index in [-0.39, 0.29) is 32.1 Å². The highest BCUT2D eigenvalue weighted by molar-refractivity contribution is 7.19. The number of carbonyl (C=O) groups is 1. The normalized spacial score (nSPS) is 10.2. The minimum absolute atomic E-state index is 0.0227. The first-order valence-electron chi connectivity index (χ1n) is 7.58. The number of nitrogens with one attached hydrogen (secondary N) is 1. The van der Waals surface area contributed by atoms with Gasteiger partial charge in [0, 0.05) is 7.05 Å². The molecule has 2 aromatic heterocycles. The van der Waals surface area contributed by atoms with Crippen molar-refractivity contribution in [1.29, 1.82) is 0 Å². The molecule has 0 aliphatic carbocycles. The molecule has 0 fully saturated rings. The Morgan fingerprint density at radius 2 is 1.92 bits per heavy atom. The number of nitrogen functional groups attached to an aromatic ring is 1. The molecule has 0 aliphatic heterocycles. The van der Waals surface area contributed by atoms with Gasteiger partial charge in [-0.2, -0.15) is 5.10 Å². The molecule has 0 saturated carbocycles. The fourth-order valence-corrected chi connectivity index (χ4v) is 3.01. The van der Waals surface area contributed by atoms with Crippen molar-refractivity contribution in [3.8, 4) is 10.6 Å². The molecule has 3 N–H and O–H groups in total. The number of nitrogens with two attached hydrogens (primary N) is 1. The van der Waals surface area contributed by atoms with Gasteiger partial charge in [-0.05, 0) is 12.1 Å². The fourth-order valence-electron chi connectivity index (χ4n) is 1.99. The highest BCUT2D eigenvalue weighted by Crippen LogP contribution is 2.34. The average Bonchev–Trinajstić information content (AvgIpc) is 3.14.